The molecule has 2 aromatic rings. The van der Waals surface area contributed by atoms with E-state index in [0.29, 0.717) is 58.2 Å². The van der Waals surface area contributed by atoms with Gasteiger partial charge in [-0.3, -0.25) is 14.6 Å². The lowest BCUT2D eigenvalue weighted by Gasteiger charge is -2.37. The first kappa shape index (κ1) is 21.6. The second kappa shape index (κ2) is 9.75. The maximum atomic E-state index is 13.2. The average molecular weight is 447 g/mol. The summed E-state index contributed by atoms with van der Waals surface area (Å²) in [6.07, 6.45) is 3.52. The van der Waals surface area contributed by atoms with Crippen LogP contribution >= 0.6 is 0 Å². The van der Waals surface area contributed by atoms with E-state index >= 15 is 0 Å². The predicted molar refractivity (Wildman–Crippen MR) is 128 cm³/mol. The third kappa shape index (κ3) is 4.78. The molecule has 2 saturated heterocycles. The number of amides is 2. The van der Waals surface area contributed by atoms with Crippen LogP contribution in [0.25, 0.3) is 0 Å². The van der Waals surface area contributed by atoms with E-state index < -0.39 is 0 Å². The van der Waals surface area contributed by atoms with E-state index in [0.717, 1.165) is 29.7 Å². The zero-order valence-corrected chi connectivity index (χ0v) is 18.9. The van der Waals surface area contributed by atoms with Gasteiger partial charge in [0, 0.05) is 74.9 Å². The average Bonchev–Trinajstić information content (AvgIpc) is 2.89. The molecule has 3 aliphatic rings. The number of aliphatic imine (C=N–C) groups is 1. The van der Waals surface area contributed by atoms with Gasteiger partial charge >= 0.3 is 0 Å². The molecule has 2 fully saturated rings. The lowest BCUT2D eigenvalue weighted by atomic mass is 9.98. The maximum absolute atomic E-state index is 13.2. The number of anilines is 1. The smallest absolute Gasteiger partial charge is 0.253 e. The van der Waals surface area contributed by atoms with E-state index in [4.69, 9.17) is 4.74 Å². The van der Waals surface area contributed by atoms with Gasteiger partial charge in [0.25, 0.3) is 5.91 Å². The Morgan fingerprint density at radius 3 is 2.52 bits per heavy atom. The predicted octanol–water partition coefficient (Wildman–Crippen LogP) is 2.79. The van der Waals surface area contributed by atoms with Gasteiger partial charge in [-0.15, -0.1) is 0 Å². The Balaban J connectivity index is 1.20. The molecule has 0 saturated carbocycles. The van der Waals surface area contributed by atoms with Crippen LogP contribution in [0.2, 0.25) is 0 Å². The van der Waals surface area contributed by atoms with Gasteiger partial charge < -0.3 is 19.4 Å². The van der Waals surface area contributed by atoms with Crippen molar-refractivity contribution in [3.05, 3.63) is 65.2 Å². The normalized spacial score (nSPS) is 18.8. The zero-order valence-electron chi connectivity index (χ0n) is 18.9. The highest BCUT2D eigenvalue weighted by molar-refractivity contribution is 5.94. The quantitative estimate of drug-likeness (QED) is 0.725. The summed E-state index contributed by atoms with van der Waals surface area (Å²) in [5.41, 5.74) is 4.06. The second-order valence-electron chi connectivity index (χ2n) is 8.91. The Morgan fingerprint density at radius 1 is 0.939 bits per heavy atom. The van der Waals surface area contributed by atoms with E-state index in [1.807, 2.05) is 46.3 Å². The zero-order chi connectivity index (χ0) is 22.6. The lowest BCUT2D eigenvalue weighted by Crippen LogP contribution is -2.52. The Morgan fingerprint density at radius 2 is 1.70 bits per heavy atom. The Labute approximate surface area is 194 Å². The van der Waals surface area contributed by atoms with Crippen LogP contribution in [0, 0.1) is 5.92 Å². The fourth-order valence-electron chi connectivity index (χ4n) is 4.87. The molecule has 5 rings (SSSR count). The summed E-state index contributed by atoms with van der Waals surface area (Å²) in [4.78, 5) is 36.4. The van der Waals surface area contributed by atoms with Crippen molar-refractivity contribution in [1.29, 1.82) is 0 Å². The lowest BCUT2D eigenvalue weighted by molar-refractivity contribution is -0.140. The summed E-state index contributed by atoms with van der Waals surface area (Å²) in [6, 6.07) is 16.1. The van der Waals surface area contributed by atoms with Gasteiger partial charge in [0.2, 0.25) is 5.91 Å². The van der Waals surface area contributed by atoms with Crippen LogP contribution in [-0.2, 0) is 16.1 Å². The molecular formula is C26H30N4O3. The van der Waals surface area contributed by atoms with Crippen molar-refractivity contribution < 1.29 is 14.3 Å². The van der Waals surface area contributed by atoms with Crippen LogP contribution in [-0.4, -0.2) is 73.9 Å². The molecular weight excluding hydrogens is 416 g/mol. The highest BCUT2D eigenvalue weighted by Gasteiger charge is 2.30. The van der Waals surface area contributed by atoms with E-state index in [1.54, 1.807) is 0 Å². The van der Waals surface area contributed by atoms with Gasteiger partial charge in [0.05, 0.1) is 0 Å². The number of fused-ring (bicyclic) bond motifs is 1. The molecule has 0 unspecified atom stereocenters. The van der Waals surface area contributed by atoms with Gasteiger partial charge in [0.15, 0.2) is 0 Å². The first-order chi connectivity index (χ1) is 16.2. The molecule has 3 aliphatic heterocycles. The first-order valence-electron chi connectivity index (χ1n) is 11.8. The molecule has 33 heavy (non-hydrogen) atoms. The molecule has 0 atom stereocenters. The van der Waals surface area contributed by atoms with Gasteiger partial charge in [-0.05, 0) is 36.6 Å². The van der Waals surface area contributed by atoms with E-state index in [9.17, 15) is 9.59 Å². The number of carbonyl (C=O) groups excluding carboxylic acids is 2. The number of ether oxygens (including phenoxy) is 1. The van der Waals surface area contributed by atoms with Gasteiger partial charge in [-0.2, -0.15) is 0 Å². The van der Waals surface area contributed by atoms with Crippen molar-refractivity contribution in [3.8, 4) is 0 Å². The largest absolute Gasteiger partial charge is 0.381 e. The minimum atomic E-state index is 0.0343. The number of nitrogens with zero attached hydrogens (tertiary/aromatic N) is 4. The van der Waals surface area contributed by atoms with E-state index in [1.165, 1.54) is 0 Å². The van der Waals surface area contributed by atoms with Crippen molar-refractivity contribution >= 4 is 23.7 Å². The Bertz CT molecular complexity index is 1040. The Kier molecular flexibility index (Phi) is 6.39. The number of piperazine rings is 1. The topological polar surface area (TPSA) is 65.5 Å². The number of hydrogen-bond donors (Lipinski definition) is 0. The summed E-state index contributed by atoms with van der Waals surface area (Å²) in [5.74, 6) is 0.325. The monoisotopic (exact) mass is 446 g/mol. The van der Waals surface area contributed by atoms with Crippen LogP contribution in [0.1, 0.15) is 34.3 Å². The highest BCUT2D eigenvalue weighted by atomic mass is 16.5. The highest BCUT2D eigenvalue weighted by Crippen LogP contribution is 2.24. The maximum Gasteiger partial charge on any atom is 0.253 e. The SMILES string of the molecule is O=C(c1cccc(CN2CN=Cc3ccccc32)c1)N1CCN(C(=O)C2CCOCC2)CC1. The van der Waals surface area contributed by atoms with Gasteiger partial charge in [-0.25, -0.2) is 0 Å². The number of rotatable bonds is 4. The van der Waals surface area contributed by atoms with Crippen LogP contribution in [0.15, 0.2) is 53.5 Å². The second-order valence-corrected chi connectivity index (χ2v) is 8.91. The molecule has 0 aliphatic carbocycles. The Hall–Kier alpha value is -3.19. The third-order valence-corrected chi connectivity index (χ3v) is 6.76. The molecule has 0 spiro atoms. The van der Waals surface area contributed by atoms with Crippen molar-refractivity contribution in [2.24, 2.45) is 10.9 Å². The van der Waals surface area contributed by atoms with Crippen LogP contribution in [0.3, 0.4) is 0 Å². The number of hydrogen-bond acceptors (Lipinski definition) is 5. The fourth-order valence-corrected chi connectivity index (χ4v) is 4.87. The standard InChI is InChI=1S/C26H30N4O3/c31-25(21-8-14-33-15-9-21)28-10-12-29(13-11-28)26(32)22-6-3-4-20(16-22)18-30-19-27-17-23-5-1-2-7-24(23)30/h1-7,16-17,21H,8-15,18-19H2. The van der Waals surface area contributed by atoms with Crippen molar-refractivity contribution in [2.45, 2.75) is 19.4 Å². The summed E-state index contributed by atoms with van der Waals surface area (Å²) in [6.45, 7) is 5.00. The third-order valence-electron chi connectivity index (χ3n) is 6.76. The summed E-state index contributed by atoms with van der Waals surface area (Å²) in [7, 11) is 0. The van der Waals surface area contributed by atoms with Crippen molar-refractivity contribution in [2.75, 3.05) is 51.0 Å². The molecule has 7 nitrogen and oxygen atoms in total. The number of benzene rings is 2. The van der Waals surface area contributed by atoms with Crippen LogP contribution in [0.5, 0.6) is 0 Å². The molecule has 2 aromatic carbocycles. The minimum Gasteiger partial charge on any atom is -0.381 e. The molecule has 172 valence electrons. The van der Waals surface area contributed by atoms with Crippen molar-refractivity contribution in [3.63, 3.8) is 0 Å². The number of para-hydroxylation sites is 1. The van der Waals surface area contributed by atoms with Crippen LogP contribution in [0.4, 0.5) is 5.69 Å². The molecule has 3 heterocycles. The molecule has 0 radical (unpaired) electrons. The fraction of sp³-hybridized carbons (Fsp3) is 0.423. The van der Waals surface area contributed by atoms with Crippen molar-refractivity contribution in [1.82, 2.24) is 9.80 Å². The van der Waals surface area contributed by atoms with Gasteiger partial charge in [-0.1, -0.05) is 30.3 Å². The molecule has 0 aromatic heterocycles. The van der Waals surface area contributed by atoms with Crippen LogP contribution < -0.4 is 4.90 Å². The summed E-state index contributed by atoms with van der Waals surface area (Å²) >= 11 is 0. The van der Waals surface area contributed by atoms with E-state index in [-0.39, 0.29) is 17.7 Å². The minimum absolute atomic E-state index is 0.0343. The molecule has 2 amide bonds. The van der Waals surface area contributed by atoms with E-state index in [2.05, 4.69) is 28.1 Å². The molecule has 7 heteroatoms. The molecule has 0 bridgehead atoms. The first-order valence-corrected chi connectivity index (χ1v) is 11.8. The van der Waals surface area contributed by atoms with Gasteiger partial charge in [0.1, 0.15) is 6.67 Å². The summed E-state index contributed by atoms with van der Waals surface area (Å²) in [5, 5.41) is 0. The number of carbonyl (C=O) groups is 2. The summed E-state index contributed by atoms with van der Waals surface area (Å²) < 4.78 is 5.38. The molecule has 0 N–H and O–H groups in total.